The lowest BCUT2D eigenvalue weighted by Gasteiger charge is -2.12. The molecule has 1 aromatic rings. The molecule has 0 fully saturated rings. The van der Waals surface area contributed by atoms with E-state index >= 15 is 0 Å². The van der Waals surface area contributed by atoms with Crippen molar-refractivity contribution in [2.45, 2.75) is 19.4 Å². The number of ether oxygens (including phenoxy) is 1. The van der Waals surface area contributed by atoms with Crippen molar-refractivity contribution >= 4 is 23.8 Å². The molecule has 0 aliphatic carbocycles. The number of rotatable bonds is 6. The lowest BCUT2D eigenvalue weighted by Crippen LogP contribution is -2.42. The van der Waals surface area contributed by atoms with Crippen molar-refractivity contribution in [3.63, 3.8) is 0 Å². The first-order valence-corrected chi connectivity index (χ1v) is 5.83. The fourth-order valence-corrected chi connectivity index (χ4v) is 1.48. The summed E-state index contributed by atoms with van der Waals surface area (Å²) in [5.74, 6) is -4.03. The second-order valence-corrected chi connectivity index (χ2v) is 4.08. The molecule has 0 spiro atoms. The van der Waals surface area contributed by atoms with Crippen molar-refractivity contribution in [2.75, 3.05) is 0 Å². The molecule has 0 heterocycles. The van der Waals surface area contributed by atoms with Crippen LogP contribution < -0.4 is 10.1 Å². The Morgan fingerprint density at radius 3 is 2.43 bits per heavy atom. The lowest BCUT2D eigenvalue weighted by atomic mass is 10.1. The molecule has 112 valence electrons. The van der Waals surface area contributed by atoms with E-state index in [1.54, 1.807) is 0 Å². The van der Waals surface area contributed by atoms with Crippen LogP contribution in [-0.4, -0.2) is 40.1 Å². The van der Waals surface area contributed by atoms with Crippen LogP contribution in [-0.2, 0) is 14.4 Å². The zero-order valence-corrected chi connectivity index (χ0v) is 11.0. The van der Waals surface area contributed by atoms with Gasteiger partial charge in [0, 0.05) is 12.5 Å². The van der Waals surface area contributed by atoms with Crippen LogP contribution in [0.5, 0.6) is 5.75 Å². The van der Waals surface area contributed by atoms with E-state index < -0.39 is 36.3 Å². The number of hydrogen-bond acceptors (Lipinski definition) is 5. The molecule has 0 radical (unpaired) electrons. The maximum Gasteiger partial charge on any atom is 0.326 e. The van der Waals surface area contributed by atoms with E-state index in [1.165, 1.54) is 31.2 Å². The number of carbonyl (C=O) groups is 4. The van der Waals surface area contributed by atoms with Gasteiger partial charge < -0.3 is 20.3 Å². The monoisotopic (exact) mass is 295 g/mol. The van der Waals surface area contributed by atoms with E-state index in [0.29, 0.717) is 0 Å². The Morgan fingerprint density at radius 1 is 1.24 bits per heavy atom. The second kappa shape index (κ2) is 7.04. The fourth-order valence-electron chi connectivity index (χ4n) is 1.48. The topological polar surface area (TPSA) is 130 Å². The zero-order valence-electron chi connectivity index (χ0n) is 11.0. The van der Waals surface area contributed by atoms with Gasteiger partial charge in [0.15, 0.2) is 0 Å². The number of carbonyl (C=O) groups excluding carboxylic acids is 2. The summed E-state index contributed by atoms with van der Waals surface area (Å²) in [6.07, 6.45) is -0.745. The van der Waals surface area contributed by atoms with E-state index in [1.807, 2.05) is 0 Å². The van der Waals surface area contributed by atoms with Crippen LogP contribution in [0.15, 0.2) is 24.3 Å². The van der Waals surface area contributed by atoms with E-state index in [-0.39, 0.29) is 11.3 Å². The van der Waals surface area contributed by atoms with Gasteiger partial charge in [-0.05, 0) is 18.2 Å². The summed E-state index contributed by atoms with van der Waals surface area (Å²) in [6, 6.07) is 3.97. The predicted molar refractivity (Wildman–Crippen MR) is 68.9 cm³/mol. The molecule has 1 aromatic carbocycles. The number of carboxylic acid groups (broad SMARTS) is 2. The van der Waals surface area contributed by atoms with E-state index in [4.69, 9.17) is 14.9 Å². The Kier molecular flexibility index (Phi) is 5.41. The number of amides is 1. The molecule has 0 saturated carbocycles. The van der Waals surface area contributed by atoms with Gasteiger partial charge in [-0.25, -0.2) is 4.79 Å². The lowest BCUT2D eigenvalue weighted by molar-refractivity contribution is -0.145. The van der Waals surface area contributed by atoms with Crippen LogP contribution in [0.4, 0.5) is 0 Å². The zero-order chi connectivity index (χ0) is 16.0. The highest BCUT2D eigenvalue weighted by Crippen LogP contribution is 2.13. The van der Waals surface area contributed by atoms with E-state index in [0.717, 1.165) is 0 Å². The molecule has 0 aliphatic rings. The Bertz CT molecular complexity index is 582. The van der Waals surface area contributed by atoms with Gasteiger partial charge in [0.1, 0.15) is 11.8 Å². The molecular formula is C13H13NO7. The van der Waals surface area contributed by atoms with Gasteiger partial charge in [-0.1, -0.05) is 6.07 Å². The Balaban J connectivity index is 2.84. The number of benzene rings is 1. The minimum absolute atomic E-state index is 0.0467. The molecule has 0 saturated heterocycles. The number of carboxylic acids is 2. The third-order valence-electron chi connectivity index (χ3n) is 2.34. The molecule has 1 amide bonds. The summed E-state index contributed by atoms with van der Waals surface area (Å²) in [4.78, 5) is 44.1. The molecule has 21 heavy (non-hydrogen) atoms. The molecule has 8 heteroatoms. The highest BCUT2D eigenvalue weighted by molar-refractivity contribution is 5.97. The minimum atomic E-state index is -1.55. The highest BCUT2D eigenvalue weighted by atomic mass is 16.5. The second-order valence-electron chi connectivity index (χ2n) is 4.08. The standard InChI is InChI=1S/C13H13NO7/c1-7(15)21-9-4-2-3-8(5-9)12(18)14-10(13(19)20)6-11(16)17/h2-5,10H,6H2,1H3,(H,14,18)(H,16,17)(H,19,20)/t10-/m0/s1. The van der Waals surface area contributed by atoms with E-state index in [9.17, 15) is 19.2 Å². The van der Waals surface area contributed by atoms with E-state index in [2.05, 4.69) is 5.32 Å². The largest absolute Gasteiger partial charge is 0.481 e. The smallest absolute Gasteiger partial charge is 0.326 e. The highest BCUT2D eigenvalue weighted by Gasteiger charge is 2.23. The molecular weight excluding hydrogens is 282 g/mol. The van der Waals surface area contributed by atoms with Gasteiger partial charge in [-0.15, -0.1) is 0 Å². The molecule has 3 N–H and O–H groups in total. The van der Waals surface area contributed by atoms with Gasteiger partial charge in [0.2, 0.25) is 0 Å². The fraction of sp³-hybridized carbons (Fsp3) is 0.231. The SMILES string of the molecule is CC(=O)Oc1cccc(C(=O)N[C@@H](CC(=O)O)C(=O)O)c1. The quantitative estimate of drug-likeness (QED) is 0.507. The summed E-state index contributed by atoms with van der Waals surface area (Å²) in [7, 11) is 0. The van der Waals surface area contributed by atoms with Crippen molar-refractivity contribution in [3.8, 4) is 5.75 Å². The van der Waals surface area contributed by atoms with Crippen molar-refractivity contribution in [2.24, 2.45) is 0 Å². The van der Waals surface area contributed by atoms with Crippen molar-refractivity contribution in [1.29, 1.82) is 0 Å². The third kappa shape index (κ3) is 5.31. The first-order valence-electron chi connectivity index (χ1n) is 5.83. The Hall–Kier alpha value is -2.90. The predicted octanol–water partition coefficient (Wildman–Crippen LogP) is 0.270. The Morgan fingerprint density at radius 2 is 1.90 bits per heavy atom. The Labute approximate surface area is 119 Å². The molecule has 1 rings (SSSR count). The summed E-state index contributed by atoms with van der Waals surface area (Å²) in [5.41, 5.74) is 0.0467. The average Bonchev–Trinajstić information content (AvgIpc) is 2.36. The first-order chi connectivity index (χ1) is 9.79. The maximum atomic E-state index is 11.9. The van der Waals surface area contributed by atoms with Gasteiger partial charge >= 0.3 is 17.9 Å². The number of hydrogen-bond donors (Lipinski definition) is 3. The summed E-state index contributed by atoms with van der Waals surface area (Å²) in [6.45, 7) is 1.19. The summed E-state index contributed by atoms with van der Waals surface area (Å²) in [5, 5.41) is 19.5. The van der Waals surface area contributed by atoms with Gasteiger partial charge in [-0.3, -0.25) is 14.4 Å². The van der Waals surface area contributed by atoms with Crippen LogP contribution >= 0.6 is 0 Å². The van der Waals surface area contributed by atoms with Crippen LogP contribution in [0.2, 0.25) is 0 Å². The number of esters is 1. The molecule has 0 bridgehead atoms. The molecule has 0 aromatic heterocycles. The van der Waals surface area contributed by atoms with Gasteiger partial charge in [0.25, 0.3) is 5.91 Å². The van der Waals surface area contributed by atoms with Crippen LogP contribution in [0.1, 0.15) is 23.7 Å². The summed E-state index contributed by atoms with van der Waals surface area (Å²) < 4.78 is 4.79. The normalized spacial score (nSPS) is 11.3. The summed E-state index contributed by atoms with van der Waals surface area (Å²) >= 11 is 0. The average molecular weight is 295 g/mol. The maximum absolute atomic E-state index is 11.9. The molecule has 0 unspecified atom stereocenters. The molecule has 8 nitrogen and oxygen atoms in total. The van der Waals surface area contributed by atoms with Crippen molar-refractivity contribution in [1.82, 2.24) is 5.32 Å². The van der Waals surface area contributed by atoms with Gasteiger partial charge in [0.05, 0.1) is 6.42 Å². The van der Waals surface area contributed by atoms with Crippen molar-refractivity contribution in [3.05, 3.63) is 29.8 Å². The van der Waals surface area contributed by atoms with Crippen LogP contribution in [0.3, 0.4) is 0 Å². The number of aliphatic carboxylic acids is 2. The van der Waals surface area contributed by atoms with Crippen LogP contribution in [0, 0.1) is 0 Å². The van der Waals surface area contributed by atoms with Gasteiger partial charge in [-0.2, -0.15) is 0 Å². The first kappa shape index (κ1) is 16.2. The van der Waals surface area contributed by atoms with Crippen LogP contribution in [0.25, 0.3) is 0 Å². The minimum Gasteiger partial charge on any atom is -0.481 e. The molecule has 0 aliphatic heterocycles. The van der Waals surface area contributed by atoms with Crippen molar-refractivity contribution < 1.29 is 34.1 Å². The third-order valence-corrected chi connectivity index (χ3v) is 2.34. The molecule has 1 atom stereocenters. The number of nitrogens with one attached hydrogen (secondary N) is 1.